The summed E-state index contributed by atoms with van der Waals surface area (Å²) in [4.78, 5) is 17.0. The summed E-state index contributed by atoms with van der Waals surface area (Å²) in [6.07, 6.45) is 1.46. The van der Waals surface area contributed by atoms with Crippen LogP contribution in [0.2, 0.25) is 5.02 Å². The molecular formula is C9H12ClN3O. The number of nitrogens with zero attached hydrogens (tertiary/aromatic N) is 2. The average Bonchev–Trinajstić information content (AvgIpc) is 2.17. The van der Waals surface area contributed by atoms with E-state index in [1.165, 1.54) is 6.20 Å². The van der Waals surface area contributed by atoms with E-state index in [-0.39, 0.29) is 12.3 Å². The molecule has 14 heavy (non-hydrogen) atoms. The van der Waals surface area contributed by atoms with Crippen molar-refractivity contribution in [1.29, 1.82) is 0 Å². The maximum absolute atomic E-state index is 11.3. The number of anilines is 1. The second-order valence-electron chi connectivity index (χ2n) is 3.04. The summed E-state index contributed by atoms with van der Waals surface area (Å²) in [5.41, 5.74) is 6.34. The van der Waals surface area contributed by atoms with Crippen LogP contribution >= 0.6 is 11.6 Å². The Balaban J connectivity index is 3.13. The molecule has 76 valence electrons. The summed E-state index contributed by atoms with van der Waals surface area (Å²) in [6, 6.07) is 1.64. The van der Waals surface area contributed by atoms with E-state index in [2.05, 4.69) is 4.98 Å². The number of ketones is 1. The van der Waals surface area contributed by atoms with E-state index in [1.54, 1.807) is 6.07 Å². The molecule has 0 aliphatic rings. The van der Waals surface area contributed by atoms with Gasteiger partial charge in [-0.25, -0.2) is 0 Å². The molecular weight excluding hydrogens is 202 g/mol. The normalized spacial score (nSPS) is 10.0. The van der Waals surface area contributed by atoms with Gasteiger partial charge in [0, 0.05) is 20.3 Å². The molecule has 1 aromatic heterocycles. The van der Waals surface area contributed by atoms with Crippen molar-refractivity contribution in [2.45, 2.75) is 0 Å². The van der Waals surface area contributed by atoms with Crippen molar-refractivity contribution < 1.29 is 4.79 Å². The fourth-order valence-electron chi connectivity index (χ4n) is 1.03. The first-order chi connectivity index (χ1) is 6.56. The van der Waals surface area contributed by atoms with Gasteiger partial charge in [0.2, 0.25) is 0 Å². The van der Waals surface area contributed by atoms with Crippen molar-refractivity contribution in [2.75, 3.05) is 25.5 Å². The summed E-state index contributed by atoms with van der Waals surface area (Å²) in [5.74, 6) is -0.190. The van der Waals surface area contributed by atoms with E-state index < -0.39 is 0 Å². The van der Waals surface area contributed by atoms with E-state index in [0.29, 0.717) is 10.7 Å². The maximum atomic E-state index is 11.3. The second kappa shape index (κ2) is 4.39. The third-order valence-corrected chi connectivity index (χ3v) is 2.08. The highest BCUT2D eigenvalue weighted by molar-refractivity contribution is 6.33. The van der Waals surface area contributed by atoms with Gasteiger partial charge in [-0.1, -0.05) is 11.6 Å². The number of halogens is 1. The van der Waals surface area contributed by atoms with Crippen molar-refractivity contribution in [3.63, 3.8) is 0 Å². The molecule has 0 atom stereocenters. The maximum Gasteiger partial charge on any atom is 0.194 e. The molecule has 0 saturated heterocycles. The van der Waals surface area contributed by atoms with Crippen molar-refractivity contribution in [3.05, 3.63) is 23.0 Å². The number of hydrogen-bond donors (Lipinski definition) is 1. The lowest BCUT2D eigenvalue weighted by atomic mass is 10.2. The van der Waals surface area contributed by atoms with Crippen molar-refractivity contribution in [2.24, 2.45) is 5.73 Å². The van der Waals surface area contributed by atoms with Crippen LogP contribution in [0.3, 0.4) is 0 Å². The molecule has 5 heteroatoms. The molecule has 0 aliphatic carbocycles. The molecule has 0 amide bonds. The number of carbonyl (C=O) groups excluding carboxylic acids is 1. The number of pyridine rings is 1. The third kappa shape index (κ3) is 2.21. The number of aromatic nitrogens is 1. The van der Waals surface area contributed by atoms with Gasteiger partial charge in [-0.2, -0.15) is 0 Å². The number of nitrogens with two attached hydrogens (primary N) is 1. The van der Waals surface area contributed by atoms with E-state index >= 15 is 0 Å². The van der Waals surface area contributed by atoms with Gasteiger partial charge < -0.3 is 10.6 Å². The van der Waals surface area contributed by atoms with Crippen LogP contribution in [0, 0.1) is 0 Å². The number of rotatable bonds is 3. The molecule has 2 N–H and O–H groups in total. The Labute approximate surface area is 87.7 Å². The highest BCUT2D eigenvalue weighted by Crippen LogP contribution is 2.23. The highest BCUT2D eigenvalue weighted by Gasteiger charge is 2.09. The van der Waals surface area contributed by atoms with Crippen LogP contribution < -0.4 is 10.6 Å². The van der Waals surface area contributed by atoms with Crippen LogP contribution in [-0.4, -0.2) is 31.4 Å². The number of carbonyl (C=O) groups is 1. The first-order valence-corrected chi connectivity index (χ1v) is 4.50. The molecule has 0 bridgehead atoms. The lowest BCUT2D eigenvalue weighted by Gasteiger charge is -2.14. The van der Waals surface area contributed by atoms with E-state index in [4.69, 9.17) is 17.3 Å². The summed E-state index contributed by atoms with van der Waals surface area (Å²) in [7, 11) is 3.69. The van der Waals surface area contributed by atoms with Crippen molar-refractivity contribution >= 4 is 23.1 Å². The minimum atomic E-state index is -0.190. The topological polar surface area (TPSA) is 59.2 Å². The van der Waals surface area contributed by atoms with Gasteiger partial charge in [0.1, 0.15) is 5.69 Å². The lowest BCUT2D eigenvalue weighted by molar-refractivity contribution is 0.0997. The molecule has 0 saturated carbocycles. The SMILES string of the molecule is CN(C)c1cc(C(=O)CN)ncc1Cl. The zero-order chi connectivity index (χ0) is 10.7. The zero-order valence-corrected chi connectivity index (χ0v) is 8.88. The summed E-state index contributed by atoms with van der Waals surface area (Å²) in [6.45, 7) is -0.0402. The summed E-state index contributed by atoms with van der Waals surface area (Å²) in [5, 5.41) is 0.517. The Bertz CT molecular complexity index is 352. The molecule has 0 spiro atoms. The minimum Gasteiger partial charge on any atom is -0.376 e. The quantitative estimate of drug-likeness (QED) is 0.760. The molecule has 0 fully saturated rings. The van der Waals surface area contributed by atoms with Crippen LogP contribution in [0.4, 0.5) is 5.69 Å². The van der Waals surface area contributed by atoms with Crippen molar-refractivity contribution in [1.82, 2.24) is 4.98 Å². The third-order valence-electron chi connectivity index (χ3n) is 1.79. The number of Topliss-reactive ketones (excluding diaryl/α,β-unsaturated/α-hetero) is 1. The van der Waals surface area contributed by atoms with Crippen LogP contribution in [-0.2, 0) is 0 Å². The van der Waals surface area contributed by atoms with Gasteiger partial charge in [-0.15, -0.1) is 0 Å². The standard InChI is InChI=1S/C9H12ClN3O/c1-13(2)8-3-7(9(14)4-11)12-5-6(8)10/h3,5H,4,11H2,1-2H3. The first-order valence-electron chi connectivity index (χ1n) is 4.12. The Kier molecular flexibility index (Phi) is 3.43. The highest BCUT2D eigenvalue weighted by atomic mass is 35.5. The smallest absolute Gasteiger partial charge is 0.194 e. The monoisotopic (exact) mass is 213 g/mol. The molecule has 4 nitrogen and oxygen atoms in total. The van der Waals surface area contributed by atoms with Gasteiger partial charge in [0.15, 0.2) is 5.78 Å². The molecule has 0 aromatic carbocycles. The number of hydrogen-bond acceptors (Lipinski definition) is 4. The molecule has 1 aromatic rings. The Morgan fingerprint density at radius 1 is 1.64 bits per heavy atom. The predicted molar refractivity (Wildman–Crippen MR) is 57.0 cm³/mol. The van der Waals surface area contributed by atoms with E-state index in [1.807, 2.05) is 19.0 Å². The van der Waals surface area contributed by atoms with Gasteiger partial charge >= 0.3 is 0 Å². The molecule has 0 aliphatic heterocycles. The largest absolute Gasteiger partial charge is 0.376 e. The Morgan fingerprint density at radius 2 is 2.29 bits per heavy atom. The lowest BCUT2D eigenvalue weighted by Crippen LogP contribution is -2.17. The van der Waals surface area contributed by atoms with Gasteiger partial charge in [0.25, 0.3) is 0 Å². The fraction of sp³-hybridized carbons (Fsp3) is 0.333. The van der Waals surface area contributed by atoms with Gasteiger partial charge in [-0.05, 0) is 6.07 Å². The van der Waals surface area contributed by atoms with Crippen LogP contribution in [0.25, 0.3) is 0 Å². The minimum absolute atomic E-state index is 0.0402. The van der Waals surface area contributed by atoms with E-state index in [9.17, 15) is 4.79 Å². The Hall–Kier alpha value is -1.13. The Morgan fingerprint density at radius 3 is 2.79 bits per heavy atom. The molecule has 0 radical (unpaired) electrons. The molecule has 1 rings (SSSR count). The van der Waals surface area contributed by atoms with Crippen LogP contribution in [0.5, 0.6) is 0 Å². The van der Waals surface area contributed by atoms with E-state index in [0.717, 1.165) is 5.69 Å². The second-order valence-corrected chi connectivity index (χ2v) is 3.45. The van der Waals surface area contributed by atoms with Crippen molar-refractivity contribution in [3.8, 4) is 0 Å². The summed E-state index contributed by atoms with van der Waals surface area (Å²) >= 11 is 5.89. The van der Waals surface area contributed by atoms with Crippen LogP contribution in [0.15, 0.2) is 12.3 Å². The first kappa shape index (κ1) is 10.9. The van der Waals surface area contributed by atoms with Crippen LogP contribution in [0.1, 0.15) is 10.5 Å². The predicted octanol–water partition coefficient (Wildman–Crippen LogP) is 0.942. The average molecular weight is 214 g/mol. The van der Waals surface area contributed by atoms with Gasteiger partial charge in [-0.3, -0.25) is 9.78 Å². The molecule has 1 heterocycles. The fourth-order valence-corrected chi connectivity index (χ4v) is 1.30. The molecule has 0 unspecified atom stereocenters. The summed E-state index contributed by atoms with van der Waals surface area (Å²) < 4.78 is 0. The zero-order valence-electron chi connectivity index (χ0n) is 8.12. The van der Waals surface area contributed by atoms with Gasteiger partial charge in [0.05, 0.1) is 17.3 Å².